The van der Waals surface area contributed by atoms with Gasteiger partial charge in [-0.2, -0.15) is 0 Å². The van der Waals surface area contributed by atoms with Crippen molar-refractivity contribution in [2.45, 2.75) is 20.3 Å². The van der Waals surface area contributed by atoms with E-state index < -0.39 is 7.60 Å². The lowest BCUT2D eigenvalue weighted by Crippen LogP contribution is -2.07. The average Bonchev–Trinajstić information content (AvgIpc) is 2.68. The van der Waals surface area contributed by atoms with Gasteiger partial charge in [-0.05, 0) is 24.8 Å². The van der Waals surface area contributed by atoms with Crippen molar-refractivity contribution >= 4 is 23.6 Å². The van der Waals surface area contributed by atoms with E-state index in [1.54, 1.807) is 6.07 Å². The average molecular weight is 234 g/mol. The zero-order valence-electron chi connectivity index (χ0n) is 8.43. The van der Waals surface area contributed by atoms with Gasteiger partial charge in [0, 0.05) is 0 Å². The van der Waals surface area contributed by atoms with Crippen molar-refractivity contribution in [3.63, 3.8) is 0 Å². The van der Waals surface area contributed by atoms with Crippen LogP contribution in [0.3, 0.4) is 0 Å². The second-order valence-electron chi connectivity index (χ2n) is 2.70. The molecule has 0 saturated carbocycles. The van der Waals surface area contributed by atoms with E-state index in [1.807, 2.05) is 25.3 Å². The van der Waals surface area contributed by atoms with Crippen molar-refractivity contribution < 1.29 is 13.6 Å². The van der Waals surface area contributed by atoms with Crippen molar-refractivity contribution in [2.24, 2.45) is 0 Å². The van der Waals surface area contributed by atoms with Gasteiger partial charge < -0.3 is 9.05 Å². The van der Waals surface area contributed by atoms with Crippen LogP contribution in [-0.2, 0) is 13.6 Å². The van der Waals surface area contributed by atoms with Gasteiger partial charge in [0.2, 0.25) is 0 Å². The van der Waals surface area contributed by atoms with Gasteiger partial charge in [-0.15, -0.1) is 11.3 Å². The summed E-state index contributed by atoms with van der Waals surface area (Å²) in [6.07, 6.45) is 0.836. The molecule has 1 rings (SSSR count). The topological polar surface area (TPSA) is 35.5 Å². The molecular formula is C9H15O3PS. The molecule has 0 spiro atoms. The molecule has 0 fully saturated rings. The number of hydrogen-bond acceptors (Lipinski definition) is 4. The molecule has 0 aliphatic rings. The van der Waals surface area contributed by atoms with Crippen LogP contribution in [0, 0.1) is 0 Å². The first kappa shape index (κ1) is 11.9. The molecule has 1 unspecified atom stereocenters. The molecule has 1 atom stereocenters. The molecule has 0 aromatic carbocycles. The van der Waals surface area contributed by atoms with Crippen LogP contribution >= 0.6 is 18.9 Å². The van der Waals surface area contributed by atoms with Gasteiger partial charge in [0.15, 0.2) is 0 Å². The van der Waals surface area contributed by atoms with E-state index in [0.717, 1.165) is 6.42 Å². The van der Waals surface area contributed by atoms with Gasteiger partial charge in [0.05, 0.1) is 13.2 Å². The lowest BCUT2D eigenvalue weighted by atomic mass is 10.5. The van der Waals surface area contributed by atoms with Crippen LogP contribution in [0.25, 0.3) is 0 Å². The molecule has 1 aromatic heterocycles. The van der Waals surface area contributed by atoms with E-state index in [4.69, 9.17) is 9.05 Å². The lowest BCUT2D eigenvalue weighted by molar-refractivity contribution is 0.222. The summed E-state index contributed by atoms with van der Waals surface area (Å²) in [5, 5.41) is 1.87. The molecule has 0 saturated heterocycles. The summed E-state index contributed by atoms with van der Waals surface area (Å²) >= 11 is 1.41. The van der Waals surface area contributed by atoms with E-state index in [-0.39, 0.29) is 0 Å². The molecule has 3 nitrogen and oxygen atoms in total. The van der Waals surface area contributed by atoms with Crippen LogP contribution in [0.2, 0.25) is 0 Å². The molecular weight excluding hydrogens is 219 g/mol. The summed E-state index contributed by atoms with van der Waals surface area (Å²) in [5.74, 6) is 0. The monoisotopic (exact) mass is 234 g/mol. The number of hydrogen-bond donors (Lipinski definition) is 0. The maximum absolute atomic E-state index is 12.2. The van der Waals surface area contributed by atoms with E-state index in [2.05, 4.69) is 0 Å². The Hall–Kier alpha value is -0.150. The minimum Gasteiger partial charge on any atom is -0.305 e. The predicted octanol–water partition coefficient (Wildman–Crippen LogP) is 3.03. The third-order valence-electron chi connectivity index (χ3n) is 1.54. The first-order chi connectivity index (χ1) is 6.73. The summed E-state index contributed by atoms with van der Waals surface area (Å²) in [7, 11) is -3.02. The van der Waals surface area contributed by atoms with Crippen molar-refractivity contribution in [3.05, 3.63) is 17.5 Å². The Balaban J connectivity index is 2.76. The third kappa shape index (κ3) is 2.92. The van der Waals surface area contributed by atoms with Gasteiger partial charge in [-0.3, -0.25) is 4.57 Å². The molecule has 0 amide bonds. The van der Waals surface area contributed by atoms with Gasteiger partial charge in [0.25, 0.3) is 0 Å². The fraction of sp³-hybridized carbons (Fsp3) is 0.556. The van der Waals surface area contributed by atoms with E-state index in [1.165, 1.54) is 11.3 Å². The van der Waals surface area contributed by atoms with Crippen molar-refractivity contribution in [2.75, 3.05) is 13.2 Å². The van der Waals surface area contributed by atoms with Crippen LogP contribution in [0.15, 0.2) is 17.5 Å². The first-order valence-corrected chi connectivity index (χ1v) is 7.08. The van der Waals surface area contributed by atoms with Crippen LogP contribution < -0.4 is 4.62 Å². The standard InChI is InChI=1S/C9H15O3PS/c1-3-7-12-13(10,11-4-2)9-6-5-8-14-9/h5-6,8H,3-4,7H2,1-2H3. The molecule has 0 aliphatic heterocycles. The number of thiophene rings is 1. The van der Waals surface area contributed by atoms with E-state index in [0.29, 0.717) is 17.8 Å². The Bertz CT molecular complexity index is 297. The normalized spacial score (nSPS) is 15.3. The molecule has 0 bridgehead atoms. The summed E-state index contributed by atoms with van der Waals surface area (Å²) in [6.45, 7) is 4.66. The Morgan fingerprint density at radius 1 is 1.43 bits per heavy atom. The molecule has 0 N–H and O–H groups in total. The molecule has 5 heteroatoms. The fourth-order valence-corrected chi connectivity index (χ4v) is 3.80. The summed E-state index contributed by atoms with van der Waals surface area (Å²) in [4.78, 5) is 0. The molecule has 0 radical (unpaired) electrons. The highest BCUT2D eigenvalue weighted by molar-refractivity contribution is 7.68. The van der Waals surface area contributed by atoms with Crippen LogP contribution in [-0.4, -0.2) is 13.2 Å². The highest BCUT2D eigenvalue weighted by Gasteiger charge is 2.27. The maximum Gasteiger partial charge on any atom is 0.371 e. The Morgan fingerprint density at radius 3 is 2.71 bits per heavy atom. The van der Waals surface area contributed by atoms with E-state index in [9.17, 15) is 4.57 Å². The zero-order valence-corrected chi connectivity index (χ0v) is 10.1. The molecule has 1 heterocycles. The predicted molar refractivity (Wildman–Crippen MR) is 59.4 cm³/mol. The Kier molecular flexibility index (Phi) is 4.82. The van der Waals surface area contributed by atoms with Crippen molar-refractivity contribution in [1.82, 2.24) is 0 Å². The Labute approximate surface area is 88.6 Å². The molecule has 0 aliphatic carbocycles. The second-order valence-corrected chi connectivity index (χ2v) is 5.94. The van der Waals surface area contributed by atoms with Crippen LogP contribution in [0.1, 0.15) is 20.3 Å². The van der Waals surface area contributed by atoms with Gasteiger partial charge in [0.1, 0.15) is 4.62 Å². The second kappa shape index (κ2) is 5.66. The zero-order chi connectivity index (χ0) is 10.4. The minimum atomic E-state index is -3.02. The van der Waals surface area contributed by atoms with Gasteiger partial charge >= 0.3 is 7.60 Å². The van der Waals surface area contributed by atoms with Crippen molar-refractivity contribution in [3.8, 4) is 0 Å². The van der Waals surface area contributed by atoms with Crippen LogP contribution in [0.5, 0.6) is 0 Å². The maximum atomic E-state index is 12.2. The van der Waals surface area contributed by atoms with Gasteiger partial charge in [-0.1, -0.05) is 13.0 Å². The highest BCUT2D eigenvalue weighted by atomic mass is 32.1. The quantitative estimate of drug-likeness (QED) is 0.710. The number of rotatable bonds is 6. The smallest absolute Gasteiger partial charge is 0.305 e. The fourth-order valence-electron chi connectivity index (χ4n) is 0.972. The SMILES string of the molecule is CCCOP(=O)(OCC)c1cccs1. The van der Waals surface area contributed by atoms with E-state index >= 15 is 0 Å². The van der Waals surface area contributed by atoms with Crippen LogP contribution in [0.4, 0.5) is 0 Å². The van der Waals surface area contributed by atoms with Crippen molar-refractivity contribution in [1.29, 1.82) is 0 Å². The van der Waals surface area contributed by atoms with Gasteiger partial charge in [-0.25, -0.2) is 0 Å². The largest absolute Gasteiger partial charge is 0.371 e. The summed E-state index contributed by atoms with van der Waals surface area (Å²) in [5.41, 5.74) is 0. The lowest BCUT2D eigenvalue weighted by Gasteiger charge is -2.15. The third-order valence-corrected chi connectivity index (χ3v) is 5.01. The Morgan fingerprint density at radius 2 is 2.21 bits per heavy atom. The molecule has 1 aromatic rings. The summed E-state index contributed by atoms with van der Waals surface area (Å²) in [6, 6.07) is 3.64. The first-order valence-electron chi connectivity index (χ1n) is 4.66. The highest BCUT2D eigenvalue weighted by Crippen LogP contribution is 2.48. The molecule has 14 heavy (non-hydrogen) atoms. The molecule has 80 valence electrons. The summed E-state index contributed by atoms with van der Waals surface area (Å²) < 4.78 is 23.4. The minimum absolute atomic E-state index is 0.402.